The van der Waals surface area contributed by atoms with Gasteiger partial charge in [0.15, 0.2) is 0 Å². The van der Waals surface area contributed by atoms with Gasteiger partial charge >= 0.3 is 0 Å². The molecule has 0 amide bonds. The minimum atomic E-state index is -0.297. The number of rotatable bonds is 6. The van der Waals surface area contributed by atoms with Crippen molar-refractivity contribution in [3.8, 4) is 0 Å². The van der Waals surface area contributed by atoms with Crippen LogP contribution in [0, 0.1) is 5.92 Å². The Morgan fingerprint density at radius 3 is 1.68 bits per heavy atom. The number of hydrogen-bond acceptors (Lipinski definition) is 2. The van der Waals surface area contributed by atoms with Crippen molar-refractivity contribution in [3.63, 3.8) is 0 Å². The largest absolute Gasteiger partial charge is 0.390 e. The van der Waals surface area contributed by atoms with Gasteiger partial charge in [-0.25, -0.2) is 0 Å². The highest BCUT2D eigenvalue weighted by Crippen LogP contribution is 2.48. The second-order valence-corrected chi connectivity index (χ2v) is 7.99. The van der Waals surface area contributed by atoms with Crippen molar-refractivity contribution in [1.82, 2.24) is 4.90 Å². The van der Waals surface area contributed by atoms with E-state index in [1.54, 1.807) is 0 Å². The summed E-state index contributed by atoms with van der Waals surface area (Å²) in [6.45, 7) is 2.02. The summed E-state index contributed by atoms with van der Waals surface area (Å²) in [4.78, 5) is 2.65. The van der Waals surface area contributed by atoms with Crippen molar-refractivity contribution in [2.24, 2.45) is 5.92 Å². The van der Waals surface area contributed by atoms with Gasteiger partial charge in [0.25, 0.3) is 0 Å². The first kappa shape index (κ1) is 16.8. The first-order valence-electron chi connectivity index (χ1n) is 9.77. The van der Waals surface area contributed by atoms with E-state index in [4.69, 9.17) is 0 Å². The summed E-state index contributed by atoms with van der Waals surface area (Å²) in [7, 11) is 0. The highest BCUT2D eigenvalue weighted by Gasteiger charge is 2.48. The Morgan fingerprint density at radius 2 is 1.24 bits per heavy atom. The van der Waals surface area contributed by atoms with Crippen LogP contribution in [0.1, 0.15) is 49.7 Å². The lowest BCUT2D eigenvalue weighted by Crippen LogP contribution is -2.39. The van der Waals surface area contributed by atoms with Crippen molar-refractivity contribution in [2.75, 3.05) is 0 Å². The van der Waals surface area contributed by atoms with E-state index in [-0.39, 0.29) is 5.60 Å². The topological polar surface area (TPSA) is 23.5 Å². The quantitative estimate of drug-likeness (QED) is 0.822. The molecule has 0 atom stereocenters. The zero-order chi connectivity index (χ0) is 17.1. The minimum Gasteiger partial charge on any atom is -0.390 e. The minimum absolute atomic E-state index is 0.297. The van der Waals surface area contributed by atoms with Gasteiger partial charge in [0.05, 0.1) is 5.60 Å². The number of benzene rings is 2. The van der Waals surface area contributed by atoms with E-state index >= 15 is 0 Å². The summed E-state index contributed by atoms with van der Waals surface area (Å²) in [5, 5.41) is 10.4. The molecule has 2 saturated carbocycles. The molecular weight excluding hydrogens is 306 g/mol. The molecule has 0 saturated heterocycles. The Morgan fingerprint density at radius 1 is 0.760 bits per heavy atom. The fraction of sp³-hybridized carbons (Fsp3) is 0.478. The Bertz CT molecular complexity index is 616. The summed E-state index contributed by atoms with van der Waals surface area (Å²) < 4.78 is 0. The molecule has 0 aliphatic heterocycles. The number of hydrogen-bond donors (Lipinski definition) is 1. The third-order valence-corrected chi connectivity index (χ3v) is 6.19. The third kappa shape index (κ3) is 4.13. The highest BCUT2D eigenvalue weighted by atomic mass is 16.3. The molecule has 2 heteroatoms. The van der Waals surface area contributed by atoms with Crippen LogP contribution < -0.4 is 0 Å². The fourth-order valence-corrected chi connectivity index (χ4v) is 4.46. The molecule has 0 bridgehead atoms. The summed E-state index contributed by atoms with van der Waals surface area (Å²) in [5.74, 6) is 0.541. The standard InChI is InChI=1S/C23H29NO/c25-23(15-16-23)21-11-13-22(14-12-21)24(17-19-7-3-1-4-8-19)18-20-9-5-2-6-10-20/h1-10,21-22,25H,11-18H2/t21-,22-. The van der Waals surface area contributed by atoms with Crippen LogP contribution in [-0.2, 0) is 13.1 Å². The Hall–Kier alpha value is -1.64. The van der Waals surface area contributed by atoms with Gasteiger partial charge in [0.2, 0.25) is 0 Å². The van der Waals surface area contributed by atoms with Crippen LogP contribution in [0.25, 0.3) is 0 Å². The van der Waals surface area contributed by atoms with Crippen LogP contribution in [0.15, 0.2) is 60.7 Å². The Kier molecular flexibility index (Phi) is 4.91. The molecule has 0 heterocycles. The third-order valence-electron chi connectivity index (χ3n) is 6.19. The Labute approximate surface area is 151 Å². The van der Waals surface area contributed by atoms with E-state index in [2.05, 4.69) is 65.6 Å². The molecule has 1 N–H and O–H groups in total. The number of nitrogens with zero attached hydrogens (tertiary/aromatic N) is 1. The molecule has 0 spiro atoms. The molecule has 25 heavy (non-hydrogen) atoms. The molecule has 2 aromatic rings. The second kappa shape index (κ2) is 7.31. The fourth-order valence-electron chi connectivity index (χ4n) is 4.46. The van der Waals surface area contributed by atoms with E-state index in [0.717, 1.165) is 25.9 Å². The van der Waals surface area contributed by atoms with Crippen LogP contribution in [0.2, 0.25) is 0 Å². The van der Waals surface area contributed by atoms with Crippen molar-refractivity contribution >= 4 is 0 Å². The average Bonchev–Trinajstić information content (AvgIpc) is 3.42. The molecule has 2 fully saturated rings. The van der Waals surface area contributed by atoms with Crippen LogP contribution >= 0.6 is 0 Å². The molecular formula is C23H29NO. The van der Waals surface area contributed by atoms with Crippen LogP contribution in [-0.4, -0.2) is 21.6 Å². The van der Waals surface area contributed by atoms with Gasteiger partial charge in [-0.05, 0) is 55.6 Å². The van der Waals surface area contributed by atoms with Gasteiger partial charge in [-0.2, -0.15) is 0 Å². The van der Waals surface area contributed by atoms with Gasteiger partial charge < -0.3 is 5.11 Å². The van der Waals surface area contributed by atoms with Crippen molar-refractivity contribution in [2.45, 2.75) is 63.3 Å². The van der Waals surface area contributed by atoms with E-state index < -0.39 is 0 Å². The van der Waals surface area contributed by atoms with E-state index in [0.29, 0.717) is 12.0 Å². The summed E-state index contributed by atoms with van der Waals surface area (Å²) in [5.41, 5.74) is 2.48. The van der Waals surface area contributed by atoms with Crippen molar-refractivity contribution in [1.29, 1.82) is 0 Å². The molecule has 2 aliphatic rings. The van der Waals surface area contributed by atoms with Gasteiger partial charge in [-0.3, -0.25) is 4.90 Å². The smallest absolute Gasteiger partial charge is 0.0678 e. The SMILES string of the molecule is OC1([C@H]2CC[C@H](N(Cc3ccccc3)Cc3ccccc3)CC2)CC1. The normalized spacial score (nSPS) is 25.0. The van der Waals surface area contributed by atoms with Gasteiger partial charge in [-0.15, -0.1) is 0 Å². The van der Waals surface area contributed by atoms with Gasteiger partial charge in [0, 0.05) is 19.1 Å². The summed E-state index contributed by atoms with van der Waals surface area (Å²) >= 11 is 0. The van der Waals surface area contributed by atoms with Crippen molar-refractivity contribution < 1.29 is 5.11 Å². The first-order chi connectivity index (χ1) is 12.2. The van der Waals surface area contributed by atoms with Crippen LogP contribution in [0.4, 0.5) is 0 Å². The highest BCUT2D eigenvalue weighted by molar-refractivity contribution is 5.17. The molecule has 132 valence electrons. The maximum absolute atomic E-state index is 10.4. The molecule has 0 unspecified atom stereocenters. The molecule has 2 aromatic carbocycles. The molecule has 0 aromatic heterocycles. The zero-order valence-corrected chi connectivity index (χ0v) is 15.0. The predicted octanol–water partition coefficient (Wildman–Crippen LogP) is 4.77. The summed E-state index contributed by atoms with van der Waals surface area (Å²) in [6.07, 6.45) is 6.85. The lowest BCUT2D eigenvalue weighted by molar-refractivity contribution is 0.0338. The first-order valence-corrected chi connectivity index (χ1v) is 9.77. The summed E-state index contributed by atoms with van der Waals surface area (Å²) in [6, 6.07) is 22.3. The average molecular weight is 335 g/mol. The molecule has 2 nitrogen and oxygen atoms in total. The maximum Gasteiger partial charge on any atom is 0.0678 e. The monoisotopic (exact) mass is 335 g/mol. The Balaban J connectivity index is 1.45. The van der Waals surface area contributed by atoms with Crippen LogP contribution in [0.5, 0.6) is 0 Å². The van der Waals surface area contributed by atoms with E-state index in [1.807, 2.05) is 0 Å². The van der Waals surface area contributed by atoms with Crippen molar-refractivity contribution in [3.05, 3.63) is 71.8 Å². The molecule has 2 aliphatic carbocycles. The lowest BCUT2D eigenvalue weighted by atomic mass is 9.80. The second-order valence-electron chi connectivity index (χ2n) is 7.99. The molecule has 4 rings (SSSR count). The maximum atomic E-state index is 10.4. The molecule has 0 radical (unpaired) electrons. The zero-order valence-electron chi connectivity index (χ0n) is 15.0. The van der Waals surface area contributed by atoms with E-state index in [9.17, 15) is 5.11 Å². The number of aliphatic hydroxyl groups is 1. The van der Waals surface area contributed by atoms with Gasteiger partial charge in [-0.1, -0.05) is 60.7 Å². The van der Waals surface area contributed by atoms with Gasteiger partial charge in [0.1, 0.15) is 0 Å². The van der Waals surface area contributed by atoms with E-state index in [1.165, 1.54) is 36.8 Å². The lowest BCUT2D eigenvalue weighted by Gasteiger charge is -2.38. The van der Waals surface area contributed by atoms with Crippen LogP contribution in [0.3, 0.4) is 0 Å². The predicted molar refractivity (Wildman–Crippen MR) is 102 cm³/mol.